The molecule has 1 aliphatic rings. The Morgan fingerprint density at radius 1 is 1.36 bits per heavy atom. The molecular weight excluding hydrogens is 297 g/mol. The summed E-state index contributed by atoms with van der Waals surface area (Å²) in [6, 6.07) is 3.18. The molecule has 0 saturated carbocycles. The van der Waals surface area contributed by atoms with Crippen molar-refractivity contribution in [2.45, 2.75) is 44.9 Å². The summed E-state index contributed by atoms with van der Waals surface area (Å²) < 4.78 is 44.4. The van der Waals surface area contributed by atoms with E-state index in [0.29, 0.717) is 30.4 Å². The van der Waals surface area contributed by atoms with Gasteiger partial charge in [0.15, 0.2) is 0 Å². The van der Waals surface area contributed by atoms with E-state index in [4.69, 9.17) is 9.84 Å². The summed E-state index contributed by atoms with van der Waals surface area (Å²) in [6.45, 7) is 3.75. The van der Waals surface area contributed by atoms with Crippen molar-refractivity contribution in [2.24, 2.45) is 0 Å². The number of carboxylic acids is 1. The minimum atomic E-state index is -4.46. The predicted octanol–water partition coefficient (Wildman–Crippen LogP) is 4.51. The van der Waals surface area contributed by atoms with Crippen molar-refractivity contribution < 1.29 is 27.8 Å². The highest BCUT2D eigenvalue weighted by Gasteiger charge is 2.38. The first-order valence-electron chi connectivity index (χ1n) is 7.05. The zero-order valence-electron chi connectivity index (χ0n) is 12.3. The summed E-state index contributed by atoms with van der Waals surface area (Å²) in [6.07, 6.45) is -1.89. The average molecular weight is 314 g/mol. The third-order valence-electron chi connectivity index (χ3n) is 4.08. The second-order valence-corrected chi connectivity index (χ2v) is 5.39. The number of carbonyl (C=O) groups is 1. The first kappa shape index (κ1) is 16.4. The third kappa shape index (κ3) is 3.10. The van der Waals surface area contributed by atoms with Crippen LogP contribution < -0.4 is 4.74 Å². The largest absolute Gasteiger partial charge is 0.486 e. The molecule has 120 valence electrons. The fourth-order valence-corrected chi connectivity index (χ4v) is 2.68. The van der Waals surface area contributed by atoms with Gasteiger partial charge in [-0.2, -0.15) is 13.2 Å². The second kappa shape index (κ2) is 5.66. The Balaban J connectivity index is 2.58. The van der Waals surface area contributed by atoms with Crippen LogP contribution in [0.5, 0.6) is 5.75 Å². The van der Waals surface area contributed by atoms with E-state index in [-0.39, 0.29) is 5.75 Å². The molecule has 3 nitrogen and oxygen atoms in total. The highest BCUT2D eigenvalue weighted by Crippen LogP contribution is 2.45. The molecule has 1 heterocycles. The normalized spacial score (nSPS) is 18.7. The Bertz CT molecular complexity index is 614. The van der Waals surface area contributed by atoms with Crippen molar-refractivity contribution in [2.75, 3.05) is 0 Å². The molecule has 2 rings (SSSR count). The molecule has 1 N–H and O–H groups in total. The lowest BCUT2D eigenvalue weighted by molar-refractivity contribution is -0.138. The Hall–Kier alpha value is -1.98. The molecule has 0 bridgehead atoms. The van der Waals surface area contributed by atoms with Crippen LogP contribution in [0.25, 0.3) is 5.57 Å². The van der Waals surface area contributed by atoms with Crippen molar-refractivity contribution in [1.29, 1.82) is 0 Å². The molecule has 0 unspecified atom stereocenters. The van der Waals surface area contributed by atoms with Gasteiger partial charge in [-0.15, -0.1) is 0 Å². The van der Waals surface area contributed by atoms with Crippen molar-refractivity contribution in [1.82, 2.24) is 0 Å². The SMILES string of the molecule is CCC1(CC)C/C(=C\C(=O)O)c2ccc(C(F)(F)F)cc2O1. The van der Waals surface area contributed by atoms with Crippen LogP contribution in [0.4, 0.5) is 13.2 Å². The molecule has 0 spiro atoms. The standard InChI is InChI=1S/C16H17F3O3/c1-3-15(4-2)9-10(7-14(20)21)12-6-5-11(16(17,18)19)8-13(12)22-15/h5-8H,3-4,9H2,1-2H3,(H,20,21)/b10-7+. The Morgan fingerprint density at radius 3 is 2.50 bits per heavy atom. The second-order valence-electron chi connectivity index (χ2n) is 5.39. The van der Waals surface area contributed by atoms with Gasteiger partial charge in [-0.3, -0.25) is 0 Å². The van der Waals surface area contributed by atoms with E-state index in [2.05, 4.69) is 0 Å². The van der Waals surface area contributed by atoms with Gasteiger partial charge in [0.25, 0.3) is 0 Å². The maximum atomic E-state index is 12.9. The summed E-state index contributed by atoms with van der Waals surface area (Å²) in [7, 11) is 0. The van der Waals surface area contributed by atoms with E-state index < -0.39 is 23.3 Å². The number of hydrogen-bond acceptors (Lipinski definition) is 2. The van der Waals surface area contributed by atoms with Crippen molar-refractivity contribution >= 4 is 11.5 Å². The summed E-state index contributed by atoms with van der Waals surface area (Å²) in [5.41, 5.74) is -0.568. The summed E-state index contributed by atoms with van der Waals surface area (Å²) in [5, 5.41) is 8.99. The number of halogens is 3. The van der Waals surface area contributed by atoms with Gasteiger partial charge in [-0.1, -0.05) is 19.9 Å². The maximum Gasteiger partial charge on any atom is 0.416 e. The number of aliphatic carboxylic acids is 1. The van der Waals surface area contributed by atoms with Gasteiger partial charge in [-0.25, -0.2) is 4.79 Å². The summed E-state index contributed by atoms with van der Waals surface area (Å²) in [5.74, 6) is -1.03. The fraction of sp³-hybridized carbons (Fsp3) is 0.438. The monoisotopic (exact) mass is 314 g/mol. The van der Waals surface area contributed by atoms with E-state index in [1.54, 1.807) is 0 Å². The molecule has 0 atom stereocenters. The zero-order valence-corrected chi connectivity index (χ0v) is 12.3. The third-order valence-corrected chi connectivity index (χ3v) is 4.08. The van der Waals surface area contributed by atoms with Gasteiger partial charge in [0.2, 0.25) is 0 Å². The van der Waals surface area contributed by atoms with Crippen molar-refractivity contribution in [3.8, 4) is 5.75 Å². The lowest BCUT2D eigenvalue weighted by atomic mass is 9.83. The lowest BCUT2D eigenvalue weighted by Crippen LogP contribution is -2.38. The molecule has 1 aliphatic heterocycles. The van der Waals surface area contributed by atoms with Gasteiger partial charge in [0.1, 0.15) is 11.4 Å². The van der Waals surface area contributed by atoms with Crippen LogP contribution in [-0.4, -0.2) is 16.7 Å². The smallest absolute Gasteiger partial charge is 0.416 e. The predicted molar refractivity (Wildman–Crippen MR) is 75.6 cm³/mol. The summed E-state index contributed by atoms with van der Waals surface area (Å²) >= 11 is 0. The number of hydrogen-bond donors (Lipinski definition) is 1. The number of fused-ring (bicyclic) bond motifs is 1. The minimum absolute atomic E-state index is 0.0947. The first-order valence-corrected chi connectivity index (χ1v) is 7.05. The number of benzene rings is 1. The minimum Gasteiger partial charge on any atom is -0.486 e. The van der Waals surface area contributed by atoms with E-state index in [1.165, 1.54) is 6.07 Å². The van der Waals surface area contributed by atoms with E-state index in [0.717, 1.165) is 18.2 Å². The van der Waals surface area contributed by atoms with Crippen LogP contribution >= 0.6 is 0 Å². The van der Waals surface area contributed by atoms with E-state index >= 15 is 0 Å². The molecule has 0 fully saturated rings. The van der Waals surface area contributed by atoms with Crippen LogP contribution in [0.1, 0.15) is 44.2 Å². The molecule has 0 amide bonds. The molecule has 0 aliphatic carbocycles. The highest BCUT2D eigenvalue weighted by molar-refractivity contribution is 5.91. The van der Waals surface area contributed by atoms with Crippen LogP contribution in [0.2, 0.25) is 0 Å². The van der Waals surface area contributed by atoms with Crippen LogP contribution in [-0.2, 0) is 11.0 Å². The van der Waals surface area contributed by atoms with E-state index in [1.807, 2.05) is 13.8 Å². The van der Waals surface area contributed by atoms with Crippen LogP contribution in [0.3, 0.4) is 0 Å². The van der Waals surface area contributed by atoms with Gasteiger partial charge in [0, 0.05) is 18.1 Å². The first-order chi connectivity index (χ1) is 10.2. The maximum absolute atomic E-state index is 12.9. The van der Waals surface area contributed by atoms with Crippen molar-refractivity contribution in [3.05, 3.63) is 35.4 Å². The zero-order chi connectivity index (χ0) is 16.5. The van der Waals surface area contributed by atoms with Gasteiger partial charge >= 0.3 is 12.1 Å². The van der Waals surface area contributed by atoms with Crippen LogP contribution in [0.15, 0.2) is 24.3 Å². The number of rotatable bonds is 3. The molecule has 22 heavy (non-hydrogen) atoms. The topological polar surface area (TPSA) is 46.5 Å². The molecule has 1 aromatic rings. The number of carboxylic acid groups (broad SMARTS) is 1. The average Bonchev–Trinajstić information content (AvgIpc) is 2.44. The fourth-order valence-electron chi connectivity index (χ4n) is 2.68. The summed E-state index contributed by atoms with van der Waals surface area (Å²) in [4.78, 5) is 11.0. The lowest BCUT2D eigenvalue weighted by Gasteiger charge is -2.39. The van der Waals surface area contributed by atoms with Gasteiger partial charge < -0.3 is 9.84 Å². The molecular formula is C16H17F3O3. The number of ether oxygens (including phenoxy) is 1. The van der Waals surface area contributed by atoms with Gasteiger partial charge in [0.05, 0.1) is 5.56 Å². The Labute approximate surface area is 126 Å². The highest BCUT2D eigenvalue weighted by atomic mass is 19.4. The van der Waals surface area contributed by atoms with Gasteiger partial charge in [-0.05, 0) is 30.5 Å². The molecule has 0 aromatic heterocycles. The molecule has 6 heteroatoms. The van der Waals surface area contributed by atoms with Crippen molar-refractivity contribution in [3.63, 3.8) is 0 Å². The van der Waals surface area contributed by atoms with Crippen LogP contribution in [0, 0.1) is 0 Å². The molecule has 0 saturated heterocycles. The molecule has 1 aromatic carbocycles. The Kier molecular flexibility index (Phi) is 4.22. The number of alkyl halides is 3. The Morgan fingerprint density at radius 2 is 2.00 bits per heavy atom. The van der Waals surface area contributed by atoms with E-state index in [9.17, 15) is 18.0 Å². The quantitative estimate of drug-likeness (QED) is 0.835. The molecule has 0 radical (unpaired) electrons.